The molecule has 0 saturated heterocycles. The highest BCUT2D eigenvalue weighted by Crippen LogP contribution is 2.34. The molecule has 3 rings (SSSR count). The summed E-state index contributed by atoms with van der Waals surface area (Å²) >= 11 is 0. The molecule has 104 valence electrons. The van der Waals surface area contributed by atoms with Crippen LogP contribution >= 0.6 is 0 Å². The van der Waals surface area contributed by atoms with Gasteiger partial charge in [0.15, 0.2) is 0 Å². The molecule has 3 nitrogen and oxygen atoms in total. The first-order chi connectivity index (χ1) is 9.76. The maximum Gasteiger partial charge on any atom is 0.119 e. The quantitative estimate of drug-likeness (QED) is 0.888. The summed E-state index contributed by atoms with van der Waals surface area (Å²) in [6.07, 6.45) is 3.30. The van der Waals surface area contributed by atoms with Gasteiger partial charge in [0.2, 0.25) is 0 Å². The van der Waals surface area contributed by atoms with E-state index < -0.39 is 0 Å². The van der Waals surface area contributed by atoms with Gasteiger partial charge in [-0.05, 0) is 66.8 Å². The van der Waals surface area contributed by atoms with E-state index in [0.29, 0.717) is 11.8 Å². The molecule has 0 amide bonds. The standard InChI is InChI=1S/C17H19NO2/c1-20-15-8-5-13(6-9-15)18-17-4-2-3-12-11-14(19)7-10-16(12)17/h5-11,17-19H,2-4H2,1H3. The molecule has 2 N–H and O–H groups in total. The fourth-order valence-electron chi connectivity index (χ4n) is 2.84. The number of benzene rings is 2. The highest BCUT2D eigenvalue weighted by Gasteiger charge is 2.20. The molecule has 1 unspecified atom stereocenters. The van der Waals surface area contributed by atoms with Gasteiger partial charge in [0.1, 0.15) is 11.5 Å². The van der Waals surface area contributed by atoms with Gasteiger partial charge < -0.3 is 15.2 Å². The van der Waals surface area contributed by atoms with Crippen molar-refractivity contribution < 1.29 is 9.84 Å². The van der Waals surface area contributed by atoms with E-state index in [1.54, 1.807) is 13.2 Å². The Balaban J connectivity index is 1.81. The van der Waals surface area contributed by atoms with Crippen molar-refractivity contribution in [1.82, 2.24) is 0 Å². The van der Waals surface area contributed by atoms with E-state index in [1.807, 2.05) is 36.4 Å². The molecule has 0 spiro atoms. The zero-order valence-electron chi connectivity index (χ0n) is 11.6. The minimum atomic E-state index is 0.313. The molecule has 20 heavy (non-hydrogen) atoms. The second-order valence-electron chi connectivity index (χ2n) is 5.20. The maximum atomic E-state index is 9.59. The predicted octanol–water partition coefficient (Wildman–Crippen LogP) is 3.89. The first kappa shape index (κ1) is 12.9. The lowest BCUT2D eigenvalue weighted by atomic mass is 9.87. The molecule has 0 heterocycles. The molecular formula is C17H19NO2. The Labute approximate surface area is 119 Å². The molecule has 3 heteroatoms. The third-order valence-electron chi connectivity index (χ3n) is 3.87. The summed E-state index contributed by atoms with van der Waals surface area (Å²) in [5, 5.41) is 13.2. The van der Waals surface area contributed by atoms with Gasteiger partial charge in [0.25, 0.3) is 0 Å². The number of nitrogens with one attached hydrogen (secondary N) is 1. The normalized spacial score (nSPS) is 17.4. The van der Waals surface area contributed by atoms with Crippen LogP contribution in [0.4, 0.5) is 5.69 Å². The summed E-state index contributed by atoms with van der Waals surface area (Å²) in [5.74, 6) is 1.22. The number of ether oxygens (including phenoxy) is 1. The highest BCUT2D eigenvalue weighted by molar-refractivity contribution is 5.50. The van der Waals surface area contributed by atoms with Crippen LogP contribution in [0.25, 0.3) is 0 Å². The van der Waals surface area contributed by atoms with Crippen LogP contribution < -0.4 is 10.1 Å². The van der Waals surface area contributed by atoms with Crippen molar-refractivity contribution in [2.75, 3.05) is 12.4 Å². The number of rotatable bonds is 3. The van der Waals surface area contributed by atoms with Gasteiger partial charge in [-0.1, -0.05) is 6.07 Å². The smallest absolute Gasteiger partial charge is 0.119 e. The van der Waals surface area contributed by atoms with Crippen LogP contribution in [0, 0.1) is 0 Å². The minimum Gasteiger partial charge on any atom is -0.508 e. The zero-order chi connectivity index (χ0) is 13.9. The number of hydrogen-bond donors (Lipinski definition) is 2. The van der Waals surface area contributed by atoms with Crippen molar-refractivity contribution in [3.8, 4) is 11.5 Å². The summed E-state index contributed by atoms with van der Waals surface area (Å²) < 4.78 is 5.17. The number of methoxy groups -OCH3 is 1. The Morgan fingerprint density at radius 3 is 2.70 bits per heavy atom. The minimum absolute atomic E-state index is 0.313. The number of fused-ring (bicyclic) bond motifs is 1. The molecule has 0 bridgehead atoms. The number of aromatic hydroxyl groups is 1. The Morgan fingerprint density at radius 2 is 1.95 bits per heavy atom. The molecule has 2 aromatic carbocycles. The molecule has 1 aliphatic carbocycles. The molecule has 0 aromatic heterocycles. The molecule has 0 fully saturated rings. The third kappa shape index (κ3) is 2.57. The predicted molar refractivity (Wildman–Crippen MR) is 80.4 cm³/mol. The van der Waals surface area contributed by atoms with Crippen LogP contribution in [0.5, 0.6) is 11.5 Å². The summed E-state index contributed by atoms with van der Waals surface area (Å²) in [6, 6.07) is 14.0. The Morgan fingerprint density at radius 1 is 1.15 bits per heavy atom. The van der Waals surface area contributed by atoms with E-state index in [9.17, 15) is 5.11 Å². The molecule has 0 aliphatic heterocycles. The maximum absolute atomic E-state index is 9.59. The van der Waals surface area contributed by atoms with Crippen LogP contribution in [0.2, 0.25) is 0 Å². The number of anilines is 1. The first-order valence-corrected chi connectivity index (χ1v) is 6.98. The Hall–Kier alpha value is -2.16. The SMILES string of the molecule is COc1ccc(NC2CCCc3cc(O)ccc32)cc1. The molecule has 1 aliphatic rings. The van der Waals surface area contributed by atoms with Gasteiger partial charge in [0.05, 0.1) is 13.2 Å². The van der Waals surface area contributed by atoms with E-state index in [4.69, 9.17) is 4.74 Å². The van der Waals surface area contributed by atoms with E-state index in [1.165, 1.54) is 11.1 Å². The largest absolute Gasteiger partial charge is 0.508 e. The lowest BCUT2D eigenvalue weighted by molar-refractivity contribution is 0.415. The van der Waals surface area contributed by atoms with Crippen molar-refractivity contribution in [2.24, 2.45) is 0 Å². The van der Waals surface area contributed by atoms with Gasteiger partial charge in [0, 0.05) is 5.69 Å². The van der Waals surface area contributed by atoms with Gasteiger partial charge in [-0.3, -0.25) is 0 Å². The van der Waals surface area contributed by atoms with E-state index in [-0.39, 0.29) is 0 Å². The summed E-state index contributed by atoms with van der Waals surface area (Å²) in [4.78, 5) is 0. The Kier molecular flexibility index (Phi) is 3.50. The number of hydrogen-bond acceptors (Lipinski definition) is 3. The van der Waals surface area contributed by atoms with Gasteiger partial charge in [-0.15, -0.1) is 0 Å². The van der Waals surface area contributed by atoms with Crippen LogP contribution in [0.15, 0.2) is 42.5 Å². The fourth-order valence-corrected chi connectivity index (χ4v) is 2.84. The van der Waals surface area contributed by atoms with Crippen LogP contribution in [0.3, 0.4) is 0 Å². The van der Waals surface area contributed by atoms with Gasteiger partial charge in [-0.25, -0.2) is 0 Å². The van der Waals surface area contributed by atoms with Crippen LogP contribution in [0.1, 0.15) is 30.0 Å². The average molecular weight is 269 g/mol. The lowest BCUT2D eigenvalue weighted by Crippen LogP contribution is -2.17. The molecule has 1 atom stereocenters. The summed E-state index contributed by atoms with van der Waals surface area (Å²) in [6.45, 7) is 0. The highest BCUT2D eigenvalue weighted by atomic mass is 16.5. The van der Waals surface area contributed by atoms with Crippen molar-refractivity contribution in [3.05, 3.63) is 53.6 Å². The topological polar surface area (TPSA) is 41.5 Å². The van der Waals surface area contributed by atoms with Crippen molar-refractivity contribution >= 4 is 5.69 Å². The monoisotopic (exact) mass is 269 g/mol. The summed E-state index contributed by atoms with van der Waals surface area (Å²) in [7, 11) is 1.67. The lowest BCUT2D eigenvalue weighted by Gasteiger charge is -2.27. The second kappa shape index (κ2) is 5.45. The number of phenols is 1. The molecule has 0 radical (unpaired) electrons. The molecule has 0 saturated carbocycles. The van der Waals surface area contributed by atoms with E-state index >= 15 is 0 Å². The second-order valence-corrected chi connectivity index (χ2v) is 5.20. The zero-order valence-corrected chi connectivity index (χ0v) is 11.6. The Bertz CT molecular complexity index is 592. The van der Waals surface area contributed by atoms with Crippen molar-refractivity contribution in [2.45, 2.75) is 25.3 Å². The summed E-state index contributed by atoms with van der Waals surface area (Å²) in [5.41, 5.74) is 3.64. The van der Waals surface area contributed by atoms with Crippen LogP contribution in [-0.2, 0) is 6.42 Å². The average Bonchev–Trinajstić information content (AvgIpc) is 2.48. The fraction of sp³-hybridized carbons (Fsp3) is 0.294. The number of phenolic OH excluding ortho intramolecular Hbond substituents is 1. The van der Waals surface area contributed by atoms with Crippen molar-refractivity contribution in [1.29, 1.82) is 0 Å². The van der Waals surface area contributed by atoms with Gasteiger partial charge in [-0.2, -0.15) is 0 Å². The third-order valence-corrected chi connectivity index (χ3v) is 3.87. The van der Waals surface area contributed by atoms with Crippen LogP contribution in [-0.4, -0.2) is 12.2 Å². The first-order valence-electron chi connectivity index (χ1n) is 6.98. The van der Waals surface area contributed by atoms with E-state index in [2.05, 4.69) is 5.32 Å². The van der Waals surface area contributed by atoms with Gasteiger partial charge >= 0.3 is 0 Å². The number of aryl methyl sites for hydroxylation is 1. The molecule has 2 aromatic rings. The molecular weight excluding hydrogens is 250 g/mol. The van der Waals surface area contributed by atoms with Crippen molar-refractivity contribution in [3.63, 3.8) is 0 Å². The van der Waals surface area contributed by atoms with E-state index in [0.717, 1.165) is 30.7 Å².